The van der Waals surface area contributed by atoms with E-state index in [9.17, 15) is 5.11 Å². The van der Waals surface area contributed by atoms with Crippen molar-refractivity contribution in [2.45, 2.75) is 5.91 Å². The molecule has 1 rings (SSSR count). The summed E-state index contributed by atoms with van der Waals surface area (Å²) in [6.45, 7) is 0. The molecule has 1 aliphatic rings. The number of ether oxygens (including phenoxy) is 1. The molecule has 6 heteroatoms. The molecule has 0 spiro atoms. The van der Waals surface area contributed by atoms with Crippen LogP contribution in [0.2, 0.25) is 0 Å². The first-order valence-corrected chi connectivity index (χ1v) is 4.11. The van der Waals surface area contributed by atoms with Crippen LogP contribution in [0.4, 0.5) is 0 Å². The van der Waals surface area contributed by atoms with Crippen molar-refractivity contribution in [2.75, 3.05) is 7.11 Å². The van der Waals surface area contributed by atoms with E-state index in [2.05, 4.69) is 10.1 Å². The summed E-state index contributed by atoms with van der Waals surface area (Å²) in [6.07, 6.45) is 1.31. The van der Waals surface area contributed by atoms with E-state index < -0.39 is 5.91 Å². The van der Waals surface area contributed by atoms with Gasteiger partial charge in [0.15, 0.2) is 0 Å². The predicted octanol–water partition coefficient (Wildman–Crippen LogP) is 1.65. The van der Waals surface area contributed by atoms with Gasteiger partial charge in [-0.05, 0) is 6.08 Å². The number of rotatable bonds is 1. The molecule has 0 radical (unpaired) electrons. The quantitative estimate of drug-likeness (QED) is 0.532. The molecule has 0 fully saturated rings. The van der Waals surface area contributed by atoms with Crippen molar-refractivity contribution < 1.29 is 9.84 Å². The fourth-order valence-corrected chi connectivity index (χ4v) is 1.32. The Bertz CT molecular complexity index is 264. The second kappa shape index (κ2) is 3.44. The zero-order chi connectivity index (χ0) is 9.35. The zero-order valence-electron chi connectivity index (χ0n) is 6.07. The molecule has 1 aliphatic heterocycles. The smallest absolute Gasteiger partial charge is 0.286 e. The average Bonchev–Trinajstić information content (AvgIpc) is 2.01. The lowest BCUT2D eigenvalue weighted by Gasteiger charge is -2.30. The van der Waals surface area contributed by atoms with Crippen LogP contribution in [0.3, 0.4) is 0 Å². The van der Waals surface area contributed by atoms with Crippen molar-refractivity contribution in [1.29, 1.82) is 0 Å². The van der Waals surface area contributed by atoms with E-state index in [0.29, 0.717) is 0 Å². The van der Waals surface area contributed by atoms with Crippen molar-refractivity contribution in [1.82, 2.24) is 5.32 Å². The maximum Gasteiger partial charge on any atom is 0.286 e. The van der Waals surface area contributed by atoms with Crippen LogP contribution in [0.1, 0.15) is 0 Å². The van der Waals surface area contributed by atoms with Crippen LogP contribution >= 0.6 is 34.8 Å². The molecular weight excluding hydrogens is 224 g/mol. The number of methoxy groups -OCH3 is 1. The van der Waals surface area contributed by atoms with Gasteiger partial charge in [0.05, 0.1) is 5.03 Å². The summed E-state index contributed by atoms with van der Waals surface area (Å²) in [4.78, 5) is 0. The molecule has 1 unspecified atom stereocenters. The summed E-state index contributed by atoms with van der Waals surface area (Å²) in [7, 11) is 1.28. The molecule has 0 amide bonds. The van der Waals surface area contributed by atoms with E-state index in [0.717, 1.165) is 0 Å². The summed E-state index contributed by atoms with van der Waals surface area (Å²) >= 11 is 16.8. The Hall–Kier alpha value is 0.0700. The minimum atomic E-state index is -1.77. The molecule has 68 valence electrons. The number of hydrogen-bond acceptors (Lipinski definition) is 3. The van der Waals surface area contributed by atoms with Crippen molar-refractivity contribution in [3.8, 4) is 0 Å². The summed E-state index contributed by atoms with van der Waals surface area (Å²) in [5.41, 5.74) is 0. The van der Waals surface area contributed by atoms with Crippen molar-refractivity contribution in [3.63, 3.8) is 0 Å². The maximum absolute atomic E-state index is 9.53. The molecular formula is C6H6Cl3NO2. The molecule has 1 heterocycles. The lowest BCUT2D eigenvalue weighted by atomic mass is 10.3. The van der Waals surface area contributed by atoms with Crippen LogP contribution in [0.25, 0.3) is 0 Å². The molecule has 3 nitrogen and oxygen atoms in total. The molecule has 0 saturated carbocycles. The summed E-state index contributed by atoms with van der Waals surface area (Å²) in [5.74, 6) is -1.77. The normalized spacial score (nSPS) is 29.9. The van der Waals surface area contributed by atoms with Gasteiger partial charge >= 0.3 is 0 Å². The first kappa shape index (κ1) is 10.2. The molecule has 0 aromatic rings. The van der Waals surface area contributed by atoms with Crippen LogP contribution in [0, 0.1) is 0 Å². The van der Waals surface area contributed by atoms with Gasteiger partial charge in [-0.15, -0.1) is 0 Å². The third kappa shape index (κ3) is 1.70. The fraction of sp³-hybridized carbons (Fsp3) is 0.333. The minimum Gasteiger partial charge on any atom is -0.344 e. The first-order valence-electron chi connectivity index (χ1n) is 2.98. The van der Waals surface area contributed by atoms with Crippen LogP contribution in [0.15, 0.2) is 21.3 Å². The number of halogens is 3. The Morgan fingerprint density at radius 2 is 2.08 bits per heavy atom. The van der Waals surface area contributed by atoms with E-state index in [1.165, 1.54) is 13.2 Å². The van der Waals surface area contributed by atoms with Gasteiger partial charge in [-0.2, -0.15) is 0 Å². The second-order valence-electron chi connectivity index (χ2n) is 2.13. The molecule has 0 bridgehead atoms. The van der Waals surface area contributed by atoms with Gasteiger partial charge in [-0.3, -0.25) is 0 Å². The molecule has 0 aromatic heterocycles. The summed E-state index contributed by atoms with van der Waals surface area (Å²) in [5, 5.41) is 12.3. The Morgan fingerprint density at radius 3 is 2.58 bits per heavy atom. The number of nitrogens with one attached hydrogen (secondary N) is 1. The summed E-state index contributed by atoms with van der Waals surface area (Å²) in [6, 6.07) is 0. The highest BCUT2D eigenvalue weighted by Gasteiger charge is 2.34. The lowest BCUT2D eigenvalue weighted by molar-refractivity contribution is -0.166. The highest BCUT2D eigenvalue weighted by Crippen LogP contribution is 2.30. The van der Waals surface area contributed by atoms with Gasteiger partial charge in [0.1, 0.15) is 10.2 Å². The monoisotopic (exact) mass is 229 g/mol. The minimum absolute atomic E-state index is 0.0272. The van der Waals surface area contributed by atoms with E-state index in [4.69, 9.17) is 34.8 Å². The van der Waals surface area contributed by atoms with Gasteiger partial charge in [0.25, 0.3) is 5.91 Å². The number of allylic oxidation sites excluding steroid dienone is 2. The highest BCUT2D eigenvalue weighted by atomic mass is 35.5. The van der Waals surface area contributed by atoms with E-state index in [1.54, 1.807) is 0 Å². The third-order valence-corrected chi connectivity index (χ3v) is 2.42. The topological polar surface area (TPSA) is 41.5 Å². The summed E-state index contributed by atoms with van der Waals surface area (Å²) < 4.78 is 4.68. The van der Waals surface area contributed by atoms with Gasteiger partial charge in [-0.1, -0.05) is 34.8 Å². The van der Waals surface area contributed by atoms with Crippen molar-refractivity contribution in [2.24, 2.45) is 0 Å². The lowest BCUT2D eigenvalue weighted by Crippen LogP contribution is -2.47. The van der Waals surface area contributed by atoms with Crippen LogP contribution in [-0.4, -0.2) is 18.1 Å². The van der Waals surface area contributed by atoms with Crippen molar-refractivity contribution in [3.05, 3.63) is 21.3 Å². The molecule has 2 N–H and O–H groups in total. The third-order valence-electron chi connectivity index (χ3n) is 1.36. The fourth-order valence-electron chi connectivity index (χ4n) is 0.689. The van der Waals surface area contributed by atoms with Crippen LogP contribution in [-0.2, 0) is 4.74 Å². The SMILES string of the molecule is COC1(O)NC(Cl)=C(Cl)C=C1Cl. The largest absolute Gasteiger partial charge is 0.344 e. The number of aliphatic hydroxyl groups is 1. The molecule has 1 atom stereocenters. The number of dihydropyridines is 1. The Labute approximate surface area is 84.5 Å². The second-order valence-corrected chi connectivity index (χ2v) is 3.32. The average molecular weight is 230 g/mol. The van der Waals surface area contributed by atoms with Crippen LogP contribution < -0.4 is 5.32 Å². The van der Waals surface area contributed by atoms with Crippen molar-refractivity contribution >= 4 is 34.8 Å². The Balaban J connectivity index is 3.00. The molecule has 12 heavy (non-hydrogen) atoms. The molecule has 0 aromatic carbocycles. The first-order chi connectivity index (χ1) is 5.49. The molecule has 0 saturated heterocycles. The molecule has 0 aliphatic carbocycles. The number of hydrogen-bond donors (Lipinski definition) is 2. The Kier molecular flexibility index (Phi) is 2.91. The zero-order valence-corrected chi connectivity index (χ0v) is 8.33. The van der Waals surface area contributed by atoms with E-state index >= 15 is 0 Å². The predicted molar refractivity (Wildman–Crippen MR) is 47.8 cm³/mol. The standard InChI is InChI=1S/C6H6Cl3NO2/c1-12-6(11)4(8)2-3(7)5(9)10-6/h2,10-11H,1H3. The highest BCUT2D eigenvalue weighted by molar-refractivity contribution is 6.41. The van der Waals surface area contributed by atoms with E-state index in [1.807, 2.05) is 0 Å². The van der Waals surface area contributed by atoms with Crippen LogP contribution in [0.5, 0.6) is 0 Å². The van der Waals surface area contributed by atoms with Gasteiger partial charge < -0.3 is 15.2 Å². The van der Waals surface area contributed by atoms with Gasteiger partial charge in [-0.25, -0.2) is 0 Å². The Morgan fingerprint density at radius 1 is 1.50 bits per heavy atom. The van der Waals surface area contributed by atoms with Gasteiger partial charge in [0.2, 0.25) is 0 Å². The van der Waals surface area contributed by atoms with E-state index in [-0.39, 0.29) is 15.2 Å². The van der Waals surface area contributed by atoms with Gasteiger partial charge in [0, 0.05) is 7.11 Å². The maximum atomic E-state index is 9.53.